The molecule has 0 aliphatic carbocycles. The zero-order valence-electron chi connectivity index (χ0n) is 20.4. The molecule has 0 saturated heterocycles. The Morgan fingerprint density at radius 3 is 2.29 bits per heavy atom. The second kappa shape index (κ2) is 12.5. The Labute approximate surface area is 217 Å². The lowest BCUT2D eigenvalue weighted by molar-refractivity contribution is -0.139. The molecule has 8 nitrogen and oxygen atoms in total. The number of amides is 2. The van der Waals surface area contributed by atoms with Gasteiger partial charge >= 0.3 is 0 Å². The van der Waals surface area contributed by atoms with E-state index in [4.69, 9.17) is 27.9 Å². The molecule has 2 rings (SSSR count). The van der Waals surface area contributed by atoms with Crippen molar-refractivity contribution in [2.24, 2.45) is 0 Å². The van der Waals surface area contributed by atoms with Gasteiger partial charge in [0.05, 0.1) is 24.1 Å². The van der Waals surface area contributed by atoms with Crippen molar-refractivity contribution >= 4 is 50.7 Å². The minimum Gasteiger partial charge on any atom is -0.495 e. The van der Waals surface area contributed by atoms with Gasteiger partial charge in [-0.15, -0.1) is 0 Å². The van der Waals surface area contributed by atoms with Crippen LogP contribution in [0.1, 0.15) is 32.8 Å². The number of rotatable bonds is 11. The molecule has 0 heterocycles. The van der Waals surface area contributed by atoms with Crippen molar-refractivity contribution in [2.75, 3.05) is 24.2 Å². The van der Waals surface area contributed by atoms with Gasteiger partial charge in [-0.1, -0.05) is 48.3 Å². The average Bonchev–Trinajstić information content (AvgIpc) is 2.80. The predicted molar refractivity (Wildman–Crippen MR) is 140 cm³/mol. The summed E-state index contributed by atoms with van der Waals surface area (Å²) >= 11 is 12.5. The van der Waals surface area contributed by atoms with Gasteiger partial charge < -0.3 is 15.0 Å². The summed E-state index contributed by atoms with van der Waals surface area (Å²) in [5, 5.41) is 3.50. The molecule has 0 aliphatic heterocycles. The van der Waals surface area contributed by atoms with Gasteiger partial charge in [0.1, 0.15) is 18.3 Å². The minimum atomic E-state index is -3.87. The highest BCUT2D eigenvalue weighted by molar-refractivity contribution is 7.92. The Morgan fingerprint density at radius 1 is 1.09 bits per heavy atom. The van der Waals surface area contributed by atoms with Crippen LogP contribution in [0.5, 0.6) is 5.75 Å². The highest BCUT2D eigenvalue weighted by Crippen LogP contribution is 2.30. The fourth-order valence-corrected chi connectivity index (χ4v) is 4.57. The van der Waals surface area contributed by atoms with Gasteiger partial charge in [-0.05, 0) is 50.1 Å². The number of anilines is 1. The second-order valence-corrected chi connectivity index (χ2v) is 10.9. The van der Waals surface area contributed by atoms with E-state index in [2.05, 4.69) is 5.32 Å². The number of benzene rings is 2. The van der Waals surface area contributed by atoms with E-state index in [9.17, 15) is 18.0 Å². The minimum absolute atomic E-state index is 0.0224. The van der Waals surface area contributed by atoms with Crippen LogP contribution >= 0.6 is 23.2 Å². The highest BCUT2D eigenvalue weighted by atomic mass is 35.5. The molecule has 11 heteroatoms. The Hall–Kier alpha value is -2.49. The summed E-state index contributed by atoms with van der Waals surface area (Å²) in [5.41, 5.74) is 0.824. The zero-order chi connectivity index (χ0) is 26.3. The summed E-state index contributed by atoms with van der Waals surface area (Å²) < 4.78 is 31.3. The van der Waals surface area contributed by atoms with E-state index in [-0.39, 0.29) is 29.2 Å². The van der Waals surface area contributed by atoms with Crippen molar-refractivity contribution in [3.63, 3.8) is 0 Å². The number of hydrogen-bond donors (Lipinski definition) is 1. The standard InChI is InChI=1S/C24H31Cl2N3O5S/c1-6-16(2)27-24(31)17(3)28(14-18-9-7-8-10-20(18)25)23(30)15-29(35(5,32)33)19-11-12-22(34-4)21(26)13-19/h7-13,16-17H,6,14-15H2,1-5H3,(H,27,31)/t16-,17-/m1/s1. The van der Waals surface area contributed by atoms with E-state index < -0.39 is 28.5 Å². The molecule has 192 valence electrons. The lowest BCUT2D eigenvalue weighted by Crippen LogP contribution is -2.52. The first-order valence-corrected chi connectivity index (χ1v) is 13.6. The average molecular weight is 545 g/mol. The Morgan fingerprint density at radius 2 is 1.74 bits per heavy atom. The molecule has 1 N–H and O–H groups in total. The molecule has 2 aromatic carbocycles. The van der Waals surface area contributed by atoms with E-state index >= 15 is 0 Å². The summed E-state index contributed by atoms with van der Waals surface area (Å²) in [6.07, 6.45) is 1.72. The largest absolute Gasteiger partial charge is 0.495 e. The van der Waals surface area contributed by atoms with Gasteiger partial charge in [-0.2, -0.15) is 0 Å². The molecule has 2 aromatic rings. The lowest BCUT2D eigenvalue weighted by Gasteiger charge is -2.32. The van der Waals surface area contributed by atoms with Crippen LogP contribution in [0.25, 0.3) is 0 Å². The van der Waals surface area contributed by atoms with Crippen LogP contribution in [0.3, 0.4) is 0 Å². The molecular weight excluding hydrogens is 513 g/mol. The smallest absolute Gasteiger partial charge is 0.244 e. The molecule has 35 heavy (non-hydrogen) atoms. The number of nitrogens with zero attached hydrogens (tertiary/aromatic N) is 2. The van der Waals surface area contributed by atoms with Crippen LogP contribution in [-0.2, 0) is 26.2 Å². The number of ether oxygens (including phenoxy) is 1. The summed E-state index contributed by atoms with van der Waals surface area (Å²) in [5.74, 6) is -0.557. The van der Waals surface area contributed by atoms with Crippen LogP contribution in [0.15, 0.2) is 42.5 Å². The molecule has 2 amide bonds. The number of nitrogens with one attached hydrogen (secondary N) is 1. The molecule has 0 radical (unpaired) electrons. The van der Waals surface area contributed by atoms with Crippen LogP contribution in [0, 0.1) is 0 Å². The maximum absolute atomic E-state index is 13.5. The Bertz CT molecular complexity index is 1160. The zero-order valence-corrected chi connectivity index (χ0v) is 22.7. The third-order valence-corrected chi connectivity index (χ3v) is 7.37. The van der Waals surface area contributed by atoms with Crippen LogP contribution in [0.2, 0.25) is 10.0 Å². The Kier molecular flexibility index (Phi) is 10.2. The van der Waals surface area contributed by atoms with E-state index in [1.165, 1.54) is 30.2 Å². The molecule has 0 aliphatic rings. The van der Waals surface area contributed by atoms with E-state index in [1.54, 1.807) is 31.2 Å². The summed E-state index contributed by atoms with van der Waals surface area (Å²) in [7, 11) is -2.43. The maximum atomic E-state index is 13.5. The summed E-state index contributed by atoms with van der Waals surface area (Å²) in [4.78, 5) is 27.8. The molecule has 0 fully saturated rings. The van der Waals surface area contributed by atoms with Crippen molar-refractivity contribution < 1.29 is 22.7 Å². The number of sulfonamides is 1. The monoisotopic (exact) mass is 543 g/mol. The lowest BCUT2D eigenvalue weighted by atomic mass is 10.1. The predicted octanol–water partition coefficient (Wildman–Crippen LogP) is 4.10. The van der Waals surface area contributed by atoms with Gasteiger partial charge in [-0.25, -0.2) is 8.42 Å². The van der Waals surface area contributed by atoms with E-state index in [0.717, 1.165) is 17.0 Å². The maximum Gasteiger partial charge on any atom is 0.244 e. The molecule has 0 bridgehead atoms. The van der Waals surface area contributed by atoms with E-state index in [1.807, 2.05) is 13.8 Å². The molecule has 2 atom stereocenters. The van der Waals surface area contributed by atoms with Crippen LogP contribution in [0.4, 0.5) is 5.69 Å². The fourth-order valence-electron chi connectivity index (χ4n) is 3.28. The fraction of sp³-hybridized carbons (Fsp3) is 0.417. The van der Waals surface area contributed by atoms with Gasteiger partial charge in [0, 0.05) is 17.6 Å². The number of hydrogen-bond acceptors (Lipinski definition) is 5. The third kappa shape index (κ3) is 7.75. The van der Waals surface area contributed by atoms with Crippen LogP contribution in [-0.4, -0.2) is 57.1 Å². The SMILES string of the molecule is CC[C@@H](C)NC(=O)[C@@H](C)N(Cc1ccccc1Cl)C(=O)CN(c1ccc(OC)c(Cl)c1)S(C)(=O)=O. The molecule has 0 aromatic heterocycles. The topological polar surface area (TPSA) is 96.0 Å². The molecule has 0 unspecified atom stereocenters. The third-order valence-electron chi connectivity index (χ3n) is 5.57. The highest BCUT2D eigenvalue weighted by Gasteiger charge is 2.31. The van der Waals surface area contributed by atoms with Gasteiger partial charge in [0.25, 0.3) is 0 Å². The van der Waals surface area contributed by atoms with Crippen molar-refractivity contribution in [1.29, 1.82) is 0 Å². The van der Waals surface area contributed by atoms with Crippen molar-refractivity contribution in [3.8, 4) is 5.75 Å². The quantitative estimate of drug-likeness (QED) is 0.460. The number of methoxy groups -OCH3 is 1. The molecule has 0 spiro atoms. The number of halogens is 2. The Balaban J connectivity index is 2.43. The van der Waals surface area contributed by atoms with Gasteiger partial charge in [0.15, 0.2) is 0 Å². The van der Waals surface area contributed by atoms with Crippen molar-refractivity contribution in [1.82, 2.24) is 10.2 Å². The molecule has 0 saturated carbocycles. The number of carbonyl (C=O) groups is 2. The first-order valence-electron chi connectivity index (χ1n) is 11.0. The summed E-state index contributed by atoms with van der Waals surface area (Å²) in [6.45, 7) is 4.89. The van der Waals surface area contributed by atoms with Crippen molar-refractivity contribution in [2.45, 2.75) is 45.8 Å². The first kappa shape index (κ1) is 28.7. The second-order valence-electron chi connectivity index (χ2n) is 8.20. The van der Waals surface area contributed by atoms with E-state index in [0.29, 0.717) is 16.3 Å². The van der Waals surface area contributed by atoms with Gasteiger partial charge in [-0.3, -0.25) is 13.9 Å². The molecular formula is C24H31Cl2N3O5S. The normalized spacial score (nSPS) is 13.0. The summed E-state index contributed by atoms with van der Waals surface area (Å²) in [6, 6.07) is 10.4. The first-order chi connectivity index (χ1) is 16.4. The number of carbonyl (C=O) groups excluding carboxylic acids is 2. The van der Waals surface area contributed by atoms with Gasteiger partial charge in [0.2, 0.25) is 21.8 Å². The van der Waals surface area contributed by atoms with Crippen LogP contribution < -0.4 is 14.4 Å². The van der Waals surface area contributed by atoms with Crippen molar-refractivity contribution in [3.05, 3.63) is 58.1 Å².